The highest BCUT2D eigenvalue weighted by molar-refractivity contribution is 5.78. The Kier molecular flexibility index (Phi) is 5.99. The minimum atomic E-state index is -1.58. The van der Waals surface area contributed by atoms with E-state index < -0.39 is 12.1 Å². The number of carbonyl (C=O) groups excluding carboxylic acids is 1. The second-order valence-corrected chi connectivity index (χ2v) is 4.48. The van der Waals surface area contributed by atoms with E-state index in [1.807, 2.05) is 32.0 Å². The predicted octanol–water partition coefficient (Wildman–Crippen LogP) is 0.634. The van der Waals surface area contributed by atoms with Gasteiger partial charge in [0, 0.05) is 0 Å². The number of amides is 1. The first-order valence-corrected chi connectivity index (χ1v) is 6.28. The molecule has 1 rings (SSSR count). The minimum Gasteiger partial charge on any atom is -0.493 e. The summed E-state index contributed by atoms with van der Waals surface area (Å²) in [4.78, 5) is 21.8. The first kappa shape index (κ1) is 16.0. The fraction of sp³-hybridized carbons (Fsp3) is 0.429. The van der Waals surface area contributed by atoms with Gasteiger partial charge in [-0.05, 0) is 25.0 Å². The van der Waals surface area contributed by atoms with Crippen LogP contribution in [0.25, 0.3) is 0 Å². The number of hydrogen-bond donors (Lipinski definition) is 3. The lowest BCUT2D eigenvalue weighted by molar-refractivity contribution is -0.146. The number of rotatable bonds is 7. The van der Waals surface area contributed by atoms with Gasteiger partial charge in [0.25, 0.3) is 0 Å². The van der Waals surface area contributed by atoms with E-state index in [-0.39, 0.29) is 25.5 Å². The summed E-state index contributed by atoms with van der Waals surface area (Å²) in [5.74, 6) is -0.973. The Hall–Kier alpha value is -2.08. The van der Waals surface area contributed by atoms with Crippen molar-refractivity contribution in [2.45, 2.75) is 26.4 Å². The van der Waals surface area contributed by atoms with E-state index in [1.165, 1.54) is 0 Å². The molecule has 0 saturated heterocycles. The van der Waals surface area contributed by atoms with Crippen molar-refractivity contribution in [3.8, 4) is 5.75 Å². The molecule has 20 heavy (non-hydrogen) atoms. The van der Waals surface area contributed by atoms with Crippen LogP contribution in [-0.2, 0) is 9.59 Å². The highest BCUT2D eigenvalue weighted by Gasteiger charge is 2.14. The van der Waals surface area contributed by atoms with Gasteiger partial charge in [-0.2, -0.15) is 0 Å². The quantitative estimate of drug-likeness (QED) is 0.681. The normalized spacial score (nSPS) is 11.8. The summed E-state index contributed by atoms with van der Waals surface area (Å²) < 4.78 is 5.55. The molecule has 3 N–H and O–H groups in total. The second-order valence-electron chi connectivity index (χ2n) is 4.48. The first-order chi connectivity index (χ1) is 9.41. The number of carboxylic acids is 1. The Balaban J connectivity index is 2.34. The zero-order valence-corrected chi connectivity index (χ0v) is 11.5. The van der Waals surface area contributed by atoms with Crippen molar-refractivity contribution in [1.82, 2.24) is 5.32 Å². The third kappa shape index (κ3) is 4.89. The number of benzene rings is 1. The first-order valence-electron chi connectivity index (χ1n) is 6.28. The Morgan fingerprint density at radius 2 is 1.90 bits per heavy atom. The zero-order valence-electron chi connectivity index (χ0n) is 11.5. The Morgan fingerprint density at radius 3 is 2.45 bits per heavy atom. The molecule has 0 spiro atoms. The van der Waals surface area contributed by atoms with Crippen molar-refractivity contribution in [2.75, 3.05) is 13.2 Å². The maximum atomic E-state index is 11.4. The van der Waals surface area contributed by atoms with Gasteiger partial charge in [0.15, 0.2) is 6.10 Å². The summed E-state index contributed by atoms with van der Waals surface area (Å²) in [5, 5.41) is 19.8. The van der Waals surface area contributed by atoms with Gasteiger partial charge in [-0.3, -0.25) is 4.79 Å². The molecular weight excluding hydrogens is 262 g/mol. The largest absolute Gasteiger partial charge is 0.493 e. The van der Waals surface area contributed by atoms with E-state index in [1.54, 1.807) is 0 Å². The van der Waals surface area contributed by atoms with Gasteiger partial charge in [0.05, 0.1) is 19.6 Å². The maximum absolute atomic E-state index is 11.4. The van der Waals surface area contributed by atoms with Crippen molar-refractivity contribution in [2.24, 2.45) is 0 Å². The Labute approximate surface area is 117 Å². The number of ether oxygens (including phenoxy) is 1. The smallest absolute Gasteiger partial charge is 0.334 e. The van der Waals surface area contributed by atoms with Crippen molar-refractivity contribution < 1.29 is 24.5 Å². The fourth-order valence-electron chi connectivity index (χ4n) is 1.66. The van der Waals surface area contributed by atoms with Crippen molar-refractivity contribution >= 4 is 11.9 Å². The van der Waals surface area contributed by atoms with Crippen LogP contribution in [0, 0.1) is 13.8 Å². The molecular formula is C14H19NO5. The lowest BCUT2D eigenvalue weighted by atomic mass is 10.1. The molecule has 6 nitrogen and oxygen atoms in total. The van der Waals surface area contributed by atoms with Crippen LogP contribution in [0.2, 0.25) is 0 Å². The van der Waals surface area contributed by atoms with Crippen LogP contribution in [-0.4, -0.2) is 41.3 Å². The zero-order chi connectivity index (χ0) is 15.1. The molecule has 0 bridgehead atoms. The Bertz CT molecular complexity index is 466. The molecule has 1 atom stereocenters. The molecule has 1 aromatic carbocycles. The van der Waals surface area contributed by atoms with E-state index in [0.29, 0.717) is 0 Å². The standard InChI is InChI=1S/C14H19NO5/c1-9-4-3-5-10(2)13(9)20-7-6-12(17)15-8-11(16)14(18)19/h3-5,11,16H,6-8H2,1-2H3,(H,15,17)(H,18,19). The van der Waals surface area contributed by atoms with Crippen molar-refractivity contribution in [3.05, 3.63) is 29.3 Å². The van der Waals surface area contributed by atoms with Crippen LogP contribution in [0.5, 0.6) is 5.75 Å². The van der Waals surface area contributed by atoms with Crippen LogP contribution in [0.1, 0.15) is 17.5 Å². The van der Waals surface area contributed by atoms with Crippen molar-refractivity contribution in [3.63, 3.8) is 0 Å². The summed E-state index contributed by atoms with van der Waals surface area (Å²) in [7, 11) is 0. The van der Waals surface area contributed by atoms with Crippen LogP contribution in [0.15, 0.2) is 18.2 Å². The molecule has 0 aliphatic rings. The average Bonchev–Trinajstić information content (AvgIpc) is 2.39. The molecule has 0 fully saturated rings. The number of aliphatic hydroxyl groups is 1. The third-order valence-corrected chi connectivity index (χ3v) is 2.76. The molecule has 0 aromatic heterocycles. The molecule has 1 amide bonds. The van der Waals surface area contributed by atoms with Crippen LogP contribution >= 0.6 is 0 Å². The molecule has 1 unspecified atom stereocenters. The number of aliphatic hydroxyl groups excluding tert-OH is 1. The van der Waals surface area contributed by atoms with Gasteiger partial charge < -0.3 is 20.3 Å². The van der Waals surface area contributed by atoms with Crippen molar-refractivity contribution in [1.29, 1.82) is 0 Å². The van der Waals surface area contributed by atoms with Gasteiger partial charge in [0.1, 0.15) is 5.75 Å². The topological polar surface area (TPSA) is 95.9 Å². The lowest BCUT2D eigenvalue weighted by Crippen LogP contribution is -2.36. The maximum Gasteiger partial charge on any atom is 0.334 e. The van der Waals surface area contributed by atoms with Gasteiger partial charge in [-0.15, -0.1) is 0 Å². The Morgan fingerprint density at radius 1 is 1.30 bits per heavy atom. The van der Waals surface area contributed by atoms with E-state index in [4.69, 9.17) is 14.9 Å². The third-order valence-electron chi connectivity index (χ3n) is 2.76. The molecule has 110 valence electrons. The number of aryl methyl sites for hydroxylation is 2. The number of aliphatic carboxylic acids is 1. The van der Waals surface area contributed by atoms with Gasteiger partial charge >= 0.3 is 5.97 Å². The summed E-state index contributed by atoms with van der Waals surface area (Å²) in [6.07, 6.45) is -1.49. The minimum absolute atomic E-state index is 0.0973. The summed E-state index contributed by atoms with van der Waals surface area (Å²) in [5.41, 5.74) is 1.98. The van der Waals surface area contributed by atoms with E-state index in [0.717, 1.165) is 16.9 Å². The van der Waals surface area contributed by atoms with E-state index in [9.17, 15) is 9.59 Å². The average molecular weight is 281 g/mol. The number of para-hydroxylation sites is 1. The SMILES string of the molecule is Cc1cccc(C)c1OCCC(=O)NCC(O)C(=O)O. The van der Waals surface area contributed by atoms with Gasteiger partial charge in [-0.1, -0.05) is 18.2 Å². The second kappa shape index (κ2) is 7.49. The van der Waals surface area contributed by atoms with Crippen LogP contribution in [0.3, 0.4) is 0 Å². The van der Waals surface area contributed by atoms with Gasteiger partial charge in [-0.25, -0.2) is 4.79 Å². The number of carbonyl (C=O) groups is 2. The summed E-state index contributed by atoms with van der Waals surface area (Å²) in [6.45, 7) is 3.73. The fourth-order valence-corrected chi connectivity index (χ4v) is 1.66. The monoisotopic (exact) mass is 281 g/mol. The number of carboxylic acid groups (broad SMARTS) is 1. The van der Waals surface area contributed by atoms with Gasteiger partial charge in [0.2, 0.25) is 5.91 Å². The van der Waals surface area contributed by atoms with Crippen LogP contribution in [0.4, 0.5) is 0 Å². The highest BCUT2D eigenvalue weighted by atomic mass is 16.5. The predicted molar refractivity (Wildman–Crippen MR) is 72.7 cm³/mol. The van der Waals surface area contributed by atoms with E-state index >= 15 is 0 Å². The molecule has 6 heteroatoms. The highest BCUT2D eigenvalue weighted by Crippen LogP contribution is 2.22. The number of hydrogen-bond acceptors (Lipinski definition) is 4. The molecule has 0 aliphatic heterocycles. The molecule has 0 heterocycles. The summed E-state index contributed by atoms with van der Waals surface area (Å²) >= 11 is 0. The molecule has 0 aliphatic carbocycles. The van der Waals surface area contributed by atoms with E-state index in [2.05, 4.69) is 5.32 Å². The summed E-state index contributed by atoms with van der Waals surface area (Å²) in [6, 6.07) is 5.77. The lowest BCUT2D eigenvalue weighted by Gasteiger charge is -2.12. The molecule has 0 radical (unpaired) electrons. The van der Waals surface area contributed by atoms with Crippen LogP contribution < -0.4 is 10.1 Å². The molecule has 0 saturated carbocycles. The number of nitrogens with one attached hydrogen (secondary N) is 1. The molecule has 1 aromatic rings.